The highest BCUT2D eigenvalue weighted by atomic mass is 19.4. The summed E-state index contributed by atoms with van der Waals surface area (Å²) in [6, 6.07) is 11.8. The molecule has 0 aromatic heterocycles. The van der Waals surface area contributed by atoms with Crippen LogP contribution in [0, 0.1) is 0 Å². The molecule has 4 rings (SSSR count). The molecule has 10 heteroatoms. The first-order valence-electron chi connectivity index (χ1n) is 10.4. The van der Waals surface area contributed by atoms with Crippen LogP contribution in [0.15, 0.2) is 66.2 Å². The molecule has 1 aliphatic carbocycles. The van der Waals surface area contributed by atoms with E-state index in [-0.39, 0.29) is 41.4 Å². The predicted molar refractivity (Wildman–Crippen MR) is 117 cm³/mol. The van der Waals surface area contributed by atoms with Gasteiger partial charge in [0.1, 0.15) is 12.4 Å². The number of allylic oxidation sites excluding steroid dienone is 1. The molecule has 186 valence electrons. The molecule has 0 spiro atoms. The van der Waals surface area contributed by atoms with Gasteiger partial charge in [-0.05, 0) is 71.3 Å². The SMILES string of the molecule is O=C(O)c1ccc(COc2ccc3c(c2)C/C(=C\c2cc(C(F)(F)F)cc(C(F)(F)F)c2)C3=O)cc1. The predicted octanol–water partition coefficient (Wildman–Crippen LogP) is 6.82. The van der Waals surface area contributed by atoms with Crippen LogP contribution in [-0.4, -0.2) is 16.9 Å². The van der Waals surface area contributed by atoms with Gasteiger partial charge in [-0.25, -0.2) is 4.79 Å². The fourth-order valence-corrected chi connectivity index (χ4v) is 3.78. The number of rotatable bonds is 5. The Bertz CT molecular complexity index is 1340. The lowest BCUT2D eigenvalue weighted by Crippen LogP contribution is -2.11. The number of halogens is 6. The molecule has 0 unspecified atom stereocenters. The van der Waals surface area contributed by atoms with Crippen LogP contribution in [0.3, 0.4) is 0 Å². The van der Waals surface area contributed by atoms with Crippen LogP contribution in [0.25, 0.3) is 6.08 Å². The van der Waals surface area contributed by atoms with Crippen LogP contribution in [0.1, 0.15) is 48.5 Å². The highest BCUT2D eigenvalue weighted by molar-refractivity contribution is 6.15. The van der Waals surface area contributed by atoms with Crippen molar-refractivity contribution in [3.63, 3.8) is 0 Å². The lowest BCUT2D eigenvalue weighted by atomic mass is 10.0. The highest BCUT2D eigenvalue weighted by Gasteiger charge is 2.37. The van der Waals surface area contributed by atoms with Crippen molar-refractivity contribution in [3.8, 4) is 5.75 Å². The average molecular weight is 506 g/mol. The summed E-state index contributed by atoms with van der Waals surface area (Å²) >= 11 is 0. The monoisotopic (exact) mass is 506 g/mol. The third-order valence-corrected chi connectivity index (χ3v) is 5.55. The number of benzene rings is 3. The summed E-state index contributed by atoms with van der Waals surface area (Å²) in [5.41, 5.74) is -1.62. The maximum Gasteiger partial charge on any atom is 0.416 e. The van der Waals surface area contributed by atoms with E-state index in [4.69, 9.17) is 9.84 Å². The van der Waals surface area contributed by atoms with Gasteiger partial charge >= 0.3 is 18.3 Å². The second kappa shape index (κ2) is 9.18. The average Bonchev–Trinajstić information content (AvgIpc) is 3.11. The van der Waals surface area contributed by atoms with Gasteiger partial charge in [0.2, 0.25) is 0 Å². The molecule has 3 aromatic rings. The van der Waals surface area contributed by atoms with E-state index in [1.165, 1.54) is 24.3 Å². The fraction of sp³-hybridized carbons (Fsp3) is 0.154. The number of aromatic carboxylic acids is 1. The molecular weight excluding hydrogens is 490 g/mol. The van der Waals surface area contributed by atoms with Crippen LogP contribution in [-0.2, 0) is 25.4 Å². The van der Waals surface area contributed by atoms with Crippen molar-refractivity contribution in [2.24, 2.45) is 0 Å². The summed E-state index contributed by atoms with van der Waals surface area (Å²) in [6.07, 6.45) is -8.93. The number of carboxylic acids is 1. The van der Waals surface area contributed by atoms with Crippen molar-refractivity contribution in [2.75, 3.05) is 0 Å². The zero-order valence-corrected chi connectivity index (χ0v) is 18.2. The molecule has 0 saturated heterocycles. The molecular formula is C26H16F6O4. The second-order valence-electron chi connectivity index (χ2n) is 8.12. The van der Waals surface area contributed by atoms with Crippen molar-refractivity contribution in [2.45, 2.75) is 25.4 Å². The smallest absolute Gasteiger partial charge is 0.416 e. The number of Topliss-reactive ketones (excluding diaryl/α,β-unsaturated/α-hetero) is 1. The summed E-state index contributed by atoms with van der Waals surface area (Å²) in [6.45, 7) is 0.111. The van der Waals surface area contributed by atoms with E-state index in [0.717, 1.165) is 6.08 Å². The molecule has 0 heterocycles. The number of carboxylic acid groups (broad SMARTS) is 1. The van der Waals surface area contributed by atoms with Gasteiger partial charge in [0, 0.05) is 17.6 Å². The minimum Gasteiger partial charge on any atom is -0.489 e. The molecule has 4 nitrogen and oxygen atoms in total. The summed E-state index contributed by atoms with van der Waals surface area (Å²) < 4.78 is 84.5. The number of carbonyl (C=O) groups is 2. The normalized spacial score (nSPS) is 14.7. The van der Waals surface area contributed by atoms with E-state index in [2.05, 4.69) is 0 Å². The number of hydrogen-bond donors (Lipinski definition) is 1. The Balaban J connectivity index is 1.56. The number of alkyl halides is 6. The quantitative estimate of drug-likeness (QED) is 0.305. The second-order valence-corrected chi connectivity index (χ2v) is 8.12. The van der Waals surface area contributed by atoms with Crippen molar-refractivity contribution >= 4 is 17.8 Å². The van der Waals surface area contributed by atoms with E-state index < -0.39 is 35.2 Å². The van der Waals surface area contributed by atoms with Crippen molar-refractivity contribution in [1.29, 1.82) is 0 Å². The van der Waals surface area contributed by atoms with E-state index in [0.29, 0.717) is 29.0 Å². The van der Waals surface area contributed by atoms with Crippen molar-refractivity contribution in [1.82, 2.24) is 0 Å². The number of fused-ring (bicyclic) bond motifs is 1. The number of carbonyl (C=O) groups excluding carboxylic acids is 1. The first-order valence-corrected chi connectivity index (χ1v) is 10.4. The van der Waals surface area contributed by atoms with Gasteiger partial charge in [0.05, 0.1) is 16.7 Å². The van der Waals surface area contributed by atoms with E-state index in [1.807, 2.05) is 0 Å². The van der Waals surface area contributed by atoms with Gasteiger partial charge < -0.3 is 9.84 Å². The molecule has 3 aromatic carbocycles. The van der Waals surface area contributed by atoms with Gasteiger partial charge in [0.15, 0.2) is 5.78 Å². The molecule has 36 heavy (non-hydrogen) atoms. The first-order chi connectivity index (χ1) is 16.8. The van der Waals surface area contributed by atoms with Crippen molar-refractivity contribution < 1.29 is 45.8 Å². The van der Waals surface area contributed by atoms with Gasteiger partial charge in [-0.3, -0.25) is 4.79 Å². The molecule has 1 aliphatic rings. The molecule has 0 amide bonds. The lowest BCUT2D eigenvalue weighted by Gasteiger charge is -2.13. The minimum absolute atomic E-state index is 0.0102. The lowest BCUT2D eigenvalue weighted by molar-refractivity contribution is -0.143. The van der Waals surface area contributed by atoms with Crippen LogP contribution >= 0.6 is 0 Å². The zero-order valence-electron chi connectivity index (χ0n) is 18.2. The Hall–Kier alpha value is -4.08. The Morgan fingerprint density at radius 1 is 0.889 bits per heavy atom. The maximum absolute atomic E-state index is 13.1. The molecule has 0 saturated carbocycles. The Labute approximate surface area is 200 Å². The van der Waals surface area contributed by atoms with E-state index in [9.17, 15) is 35.9 Å². The molecule has 0 fully saturated rings. The largest absolute Gasteiger partial charge is 0.489 e. The number of ketones is 1. The highest BCUT2D eigenvalue weighted by Crippen LogP contribution is 2.38. The maximum atomic E-state index is 13.1. The van der Waals surface area contributed by atoms with Crippen LogP contribution in [0.2, 0.25) is 0 Å². The zero-order chi connectivity index (χ0) is 26.3. The number of ether oxygens (including phenoxy) is 1. The summed E-state index contributed by atoms with van der Waals surface area (Å²) in [5, 5.41) is 8.94. The molecule has 1 N–H and O–H groups in total. The Kier molecular flexibility index (Phi) is 6.38. The molecule has 0 atom stereocenters. The molecule has 0 aliphatic heterocycles. The summed E-state index contributed by atoms with van der Waals surface area (Å²) in [4.78, 5) is 23.7. The third-order valence-electron chi connectivity index (χ3n) is 5.55. The third kappa shape index (κ3) is 5.42. The molecule has 0 radical (unpaired) electrons. The summed E-state index contributed by atoms with van der Waals surface area (Å²) in [5.74, 6) is -1.16. The van der Waals surface area contributed by atoms with E-state index in [1.54, 1.807) is 18.2 Å². The topological polar surface area (TPSA) is 63.6 Å². The fourth-order valence-electron chi connectivity index (χ4n) is 3.78. The van der Waals surface area contributed by atoms with E-state index >= 15 is 0 Å². The molecule has 0 bridgehead atoms. The van der Waals surface area contributed by atoms with Gasteiger partial charge in [-0.15, -0.1) is 0 Å². The van der Waals surface area contributed by atoms with Gasteiger partial charge in [0.25, 0.3) is 0 Å². The standard InChI is InChI=1S/C26H16F6O4/c27-25(28,29)19-8-15(9-20(12-19)26(30,31)32)7-18-10-17-11-21(5-6-22(17)23(18)33)36-13-14-1-3-16(4-2-14)24(34)35/h1-9,11-12H,10,13H2,(H,34,35)/b18-7+. The van der Waals surface area contributed by atoms with Gasteiger partial charge in [-0.1, -0.05) is 12.1 Å². The van der Waals surface area contributed by atoms with Crippen LogP contribution in [0.4, 0.5) is 26.3 Å². The van der Waals surface area contributed by atoms with Crippen LogP contribution < -0.4 is 4.74 Å². The Morgan fingerprint density at radius 3 is 2.06 bits per heavy atom. The number of hydrogen-bond acceptors (Lipinski definition) is 3. The minimum atomic E-state index is -4.99. The van der Waals surface area contributed by atoms with Crippen LogP contribution in [0.5, 0.6) is 5.75 Å². The van der Waals surface area contributed by atoms with Crippen molar-refractivity contribution in [3.05, 3.63) is 105 Å². The first kappa shape index (κ1) is 25.0. The van der Waals surface area contributed by atoms with Gasteiger partial charge in [-0.2, -0.15) is 26.3 Å². The Morgan fingerprint density at radius 2 is 1.50 bits per heavy atom. The summed E-state index contributed by atoms with van der Waals surface area (Å²) in [7, 11) is 0.